The Hall–Kier alpha value is -3.01. The highest BCUT2D eigenvalue weighted by molar-refractivity contribution is 6.11. The van der Waals surface area contributed by atoms with Crippen LogP contribution in [0.4, 0.5) is 10.1 Å². The molecule has 0 aliphatic carbocycles. The Morgan fingerprint density at radius 1 is 0.864 bits per heavy atom. The van der Waals surface area contributed by atoms with E-state index in [1.807, 2.05) is 48.5 Å². The van der Waals surface area contributed by atoms with Crippen LogP contribution in [0.2, 0.25) is 0 Å². The quantitative estimate of drug-likeness (QED) is 0.581. The van der Waals surface area contributed by atoms with Crippen LogP contribution in [0.15, 0.2) is 84.1 Å². The highest BCUT2D eigenvalue weighted by Crippen LogP contribution is 2.12. The lowest BCUT2D eigenvalue weighted by atomic mass is 10.1. The first kappa shape index (κ1) is 13.9. The van der Waals surface area contributed by atoms with Gasteiger partial charge in [-0.25, -0.2) is 4.39 Å². The summed E-state index contributed by atoms with van der Waals surface area (Å²) in [5, 5.41) is 4.45. The second-order valence-corrected chi connectivity index (χ2v) is 4.66. The summed E-state index contributed by atoms with van der Waals surface area (Å²) in [6, 6.07) is 21.5. The molecule has 3 nitrogen and oxygen atoms in total. The fourth-order valence-electron chi connectivity index (χ4n) is 2.01. The highest BCUT2D eigenvalue weighted by atomic mass is 19.1. The van der Waals surface area contributed by atoms with Crippen LogP contribution in [0.25, 0.3) is 0 Å². The van der Waals surface area contributed by atoms with Crippen molar-refractivity contribution < 1.29 is 4.39 Å². The van der Waals surface area contributed by atoms with Crippen LogP contribution in [0.5, 0.6) is 0 Å². The SMILES string of the molecule is Fc1ccc(NN=C(c2ccccc2)c2ccccn2)cc1. The van der Waals surface area contributed by atoms with E-state index in [1.165, 1.54) is 12.1 Å². The minimum Gasteiger partial charge on any atom is -0.278 e. The van der Waals surface area contributed by atoms with Crippen molar-refractivity contribution in [2.45, 2.75) is 0 Å². The third kappa shape index (κ3) is 3.35. The molecule has 22 heavy (non-hydrogen) atoms. The van der Waals surface area contributed by atoms with Gasteiger partial charge in [0.2, 0.25) is 0 Å². The fourth-order valence-corrected chi connectivity index (χ4v) is 2.01. The summed E-state index contributed by atoms with van der Waals surface area (Å²) in [6.07, 6.45) is 1.73. The Morgan fingerprint density at radius 3 is 2.27 bits per heavy atom. The molecule has 0 aliphatic rings. The second kappa shape index (κ2) is 6.63. The van der Waals surface area contributed by atoms with Gasteiger partial charge in [-0.15, -0.1) is 0 Å². The maximum absolute atomic E-state index is 12.9. The third-order valence-corrected chi connectivity index (χ3v) is 3.10. The molecule has 1 heterocycles. The number of rotatable bonds is 4. The van der Waals surface area contributed by atoms with Gasteiger partial charge in [-0.1, -0.05) is 36.4 Å². The molecule has 0 spiro atoms. The number of halogens is 1. The van der Waals surface area contributed by atoms with E-state index in [9.17, 15) is 4.39 Å². The minimum atomic E-state index is -0.275. The summed E-state index contributed by atoms with van der Waals surface area (Å²) in [6.45, 7) is 0. The summed E-state index contributed by atoms with van der Waals surface area (Å²) in [5.41, 5.74) is 6.11. The number of hydrogen-bond donors (Lipinski definition) is 1. The lowest BCUT2D eigenvalue weighted by molar-refractivity contribution is 0.628. The van der Waals surface area contributed by atoms with Gasteiger partial charge in [0.1, 0.15) is 11.5 Å². The number of hydrazone groups is 1. The van der Waals surface area contributed by atoms with Crippen LogP contribution < -0.4 is 5.43 Å². The molecule has 108 valence electrons. The average Bonchev–Trinajstić information content (AvgIpc) is 2.59. The molecular weight excluding hydrogens is 277 g/mol. The Kier molecular flexibility index (Phi) is 4.20. The maximum atomic E-state index is 12.9. The van der Waals surface area contributed by atoms with Gasteiger partial charge in [0, 0.05) is 11.8 Å². The zero-order valence-electron chi connectivity index (χ0n) is 11.8. The highest BCUT2D eigenvalue weighted by Gasteiger charge is 2.07. The molecule has 0 bridgehead atoms. The maximum Gasteiger partial charge on any atom is 0.123 e. The molecule has 0 aliphatic heterocycles. The van der Waals surface area contributed by atoms with Crippen LogP contribution >= 0.6 is 0 Å². The molecule has 2 aromatic carbocycles. The first-order chi connectivity index (χ1) is 10.8. The van der Waals surface area contributed by atoms with Gasteiger partial charge in [0.25, 0.3) is 0 Å². The lowest BCUT2D eigenvalue weighted by Crippen LogP contribution is -2.08. The number of aromatic nitrogens is 1. The molecule has 1 N–H and O–H groups in total. The molecule has 3 aromatic rings. The zero-order valence-corrected chi connectivity index (χ0v) is 11.8. The van der Waals surface area contributed by atoms with Crippen molar-refractivity contribution >= 4 is 11.4 Å². The number of hydrogen-bond acceptors (Lipinski definition) is 3. The van der Waals surface area contributed by atoms with E-state index in [0.717, 1.165) is 17.0 Å². The van der Waals surface area contributed by atoms with E-state index >= 15 is 0 Å². The van der Waals surface area contributed by atoms with Crippen molar-refractivity contribution in [3.63, 3.8) is 0 Å². The number of nitrogens with zero attached hydrogens (tertiary/aromatic N) is 2. The molecule has 0 amide bonds. The van der Waals surface area contributed by atoms with Gasteiger partial charge in [-0.3, -0.25) is 10.4 Å². The van der Waals surface area contributed by atoms with E-state index in [-0.39, 0.29) is 5.82 Å². The van der Waals surface area contributed by atoms with Crippen molar-refractivity contribution in [2.75, 3.05) is 5.43 Å². The molecule has 3 rings (SSSR count). The van der Waals surface area contributed by atoms with E-state index in [4.69, 9.17) is 0 Å². The summed E-state index contributed by atoms with van der Waals surface area (Å²) < 4.78 is 12.9. The van der Waals surface area contributed by atoms with Crippen LogP contribution in [-0.2, 0) is 0 Å². The van der Waals surface area contributed by atoms with Crippen molar-refractivity contribution in [1.29, 1.82) is 0 Å². The van der Waals surface area contributed by atoms with Crippen LogP contribution in [0, 0.1) is 5.82 Å². The molecular formula is C18H14FN3. The van der Waals surface area contributed by atoms with Gasteiger partial charge in [-0.05, 0) is 36.4 Å². The van der Waals surface area contributed by atoms with Gasteiger partial charge in [0.15, 0.2) is 0 Å². The van der Waals surface area contributed by atoms with Crippen LogP contribution in [0.1, 0.15) is 11.3 Å². The number of nitrogens with one attached hydrogen (secondary N) is 1. The molecule has 4 heteroatoms. The van der Waals surface area contributed by atoms with Crippen LogP contribution in [0.3, 0.4) is 0 Å². The third-order valence-electron chi connectivity index (χ3n) is 3.10. The van der Waals surface area contributed by atoms with Gasteiger partial charge in [0.05, 0.1) is 11.4 Å². The molecule has 0 radical (unpaired) electrons. The van der Waals surface area contributed by atoms with Crippen molar-refractivity contribution in [2.24, 2.45) is 5.10 Å². The molecule has 0 fully saturated rings. The summed E-state index contributed by atoms with van der Waals surface area (Å²) in [4.78, 5) is 4.35. The Balaban J connectivity index is 1.95. The predicted molar refractivity (Wildman–Crippen MR) is 86.3 cm³/mol. The first-order valence-corrected chi connectivity index (χ1v) is 6.89. The average molecular weight is 291 g/mol. The van der Waals surface area contributed by atoms with Gasteiger partial charge < -0.3 is 0 Å². The molecule has 1 aromatic heterocycles. The normalized spacial score (nSPS) is 11.2. The van der Waals surface area contributed by atoms with E-state index in [1.54, 1.807) is 18.3 Å². The standard InChI is InChI=1S/C18H14FN3/c19-15-9-11-16(12-10-15)21-22-18(14-6-2-1-3-7-14)17-8-4-5-13-20-17/h1-13,21H. The van der Waals surface area contributed by atoms with Crippen molar-refractivity contribution in [1.82, 2.24) is 4.98 Å². The van der Waals surface area contributed by atoms with E-state index < -0.39 is 0 Å². The Labute approximate surface area is 128 Å². The van der Waals surface area contributed by atoms with E-state index in [0.29, 0.717) is 5.69 Å². The Bertz CT molecular complexity index is 712. The number of anilines is 1. The summed E-state index contributed by atoms with van der Waals surface area (Å²) >= 11 is 0. The predicted octanol–water partition coefficient (Wildman–Crippen LogP) is 4.09. The molecule has 0 saturated heterocycles. The van der Waals surface area contributed by atoms with Crippen molar-refractivity contribution in [3.05, 3.63) is 96.1 Å². The zero-order chi connectivity index (χ0) is 15.2. The monoisotopic (exact) mass is 291 g/mol. The number of benzene rings is 2. The smallest absolute Gasteiger partial charge is 0.123 e. The van der Waals surface area contributed by atoms with Crippen molar-refractivity contribution in [3.8, 4) is 0 Å². The molecule has 0 saturated carbocycles. The minimum absolute atomic E-state index is 0.275. The largest absolute Gasteiger partial charge is 0.278 e. The topological polar surface area (TPSA) is 37.3 Å². The molecule has 0 atom stereocenters. The summed E-state index contributed by atoms with van der Waals surface area (Å²) in [5.74, 6) is -0.275. The number of pyridine rings is 1. The van der Waals surface area contributed by atoms with E-state index in [2.05, 4.69) is 15.5 Å². The summed E-state index contributed by atoms with van der Waals surface area (Å²) in [7, 11) is 0. The first-order valence-electron chi connectivity index (χ1n) is 6.89. The lowest BCUT2D eigenvalue weighted by Gasteiger charge is -2.07. The van der Waals surface area contributed by atoms with Crippen LogP contribution in [-0.4, -0.2) is 10.7 Å². The second-order valence-electron chi connectivity index (χ2n) is 4.66. The fraction of sp³-hybridized carbons (Fsp3) is 0. The van der Waals surface area contributed by atoms with Gasteiger partial charge in [-0.2, -0.15) is 5.10 Å². The Morgan fingerprint density at radius 2 is 1.59 bits per heavy atom. The molecule has 0 unspecified atom stereocenters. The van der Waals surface area contributed by atoms with Gasteiger partial charge >= 0.3 is 0 Å².